The van der Waals surface area contributed by atoms with Gasteiger partial charge in [0.1, 0.15) is 0 Å². The maximum absolute atomic E-state index is 10.8. The van der Waals surface area contributed by atoms with E-state index in [0.29, 0.717) is 5.02 Å². The molecule has 1 aromatic heterocycles. The molecule has 0 bridgehead atoms. The molecule has 0 spiro atoms. The average Bonchev–Trinajstić information content (AvgIpc) is 2.71. The summed E-state index contributed by atoms with van der Waals surface area (Å²) in [6.45, 7) is 4.13. The van der Waals surface area contributed by atoms with Crippen molar-refractivity contribution in [1.82, 2.24) is 4.98 Å². The Bertz CT molecular complexity index is 1090. The summed E-state index contributed by atoms with van der Waals surface area (Å²) in [6.07, 6.45) is 0.831. The van der Waals surface area contributed by atoms with Crippen LogP contribution in [0.3, 0.4) is 0 Å². The average molecular weight is 440 g/mol. The van der Waals surface area contributed by atoms with E-state index in [4.69, 9.17) is 21.7 Å². The molecule has 3 rings (SSSR count). The van der Waals surface area contributed by atoms with Gasteiger partial charge in [-0.05, 0) is 29.7 Å². The van der Waals surface area contributed by atoms with E-state index in [-0.39, 0.29) is 12.3 Å². The van der Waals surface area contributed by atoms with E-state index in [1.165, 1.54) is 0 Å². The topological polar surface area (TPSA) is 90.7 Å². The Morgan fingerprint density at radius 1 is 1.10 bits per heavy atom. The van der Waals surface area contributed by atoms with Crippen molar-refractivity contribution in [2.45, 2.75) is 44.8 Å². The van der Waals surface area contributed by atoms with Gasteiger partial charge in [0.15, 0.2) is 0 Å². The molecule has 0 fully saturated rings. The highest BCUT2D eigenvalue weighted by atomic mass is 35.5. The summed E-state index contributed by atoms with van der Waals surface area (Å²) < 4.78 is 0. The number of benzene rings is 2. The molecular weight excluding hydrogens is 414 g/mol. The van der Waals surface area contributed by atoms with Gasteiger partial charge in [-0.3, -0.25) is 9.78 Å². The first kappa shape index (κ1) is 22.9. The lowest BCUT2D eigenvalue weighted by Crippen LogP contribution is -2.19. The number of aliphatic hydroxyl groups excluding tert-OH is 2. The molecule has 6 heteroatoms. The molecule has 3 N–H and O–H groups in total. The quantitative estimate of drug-likeness (QED) is 0.444. The summed E-state index contributed by atoms with van der Waals surface area (Å²) in [5.74, 6) is -0.973. The first-order valence-corrected chi connectivity index (χ1v) is 10.6. The van der Waals surface area contributed by atoms with Gasteiger partial charge in [0.25, 0.3) is 0 Å². The normalized spacial score (nSPS) is 13.7. The van der Waals surface area contributed by atoms with Gasteiger partial charge in [0, 0.05) is 28.0 Å². The Morgan fingerprint density at radius 3 is 2.42 bits per heavy atom. The molecule has 0 aliphatic rings. The zero-order valence-corrected chi connectivity index (χ0v) is 18.3. The lowest BCUT2D eigenvalue weighted by atomic mass is 9.90. The molecule has 0 saturated carbocycles. The van der Waals surface area contributed by atoms with Crippen LogP contribution >= 0.6 is 11.6 Å². The third kappa shape index (κ3) is 5.70. The maximum atomic E-state index is 10.8. The number of aliphatic carboxylic acids is 1. The van der Waals surface area contributed by atoms with Crippen molar-refractivity contribution in [2.75, 3.05) is 0 Å². The minimum absolute atomic E-state index is 0.0584. The number of rotatable bonds is 8. The van der Waals surface area contributed by atoms with E-state index in [1.54, 1.807) is 6.08 Å². The van der Waals surface area contributed by atoms with Crippen LogP contribution in [0.4, 0.5) is 0 Å². The number of carboxylic acid groups (broad SMARTS) is 1. The van der Waals surface area contributed by atoms with Crippen molar-refractivity contribution in [3.63, 3.8) is 0 Å². The Kier molecular flexibility index (Phi) is 7.44. The van der Waals surface area contributed by atoms with Crippen LogP contribution in [0.2, 0.25) is 5.02 Å². The van der Waals surface area contributed by atoms with E-state index >= 15 is 0 Å². The molecule has 3 aromatic rings. The molecule has 162 valence electrons. The number of halogens is 1. The molecule has 2 unspecified atom stereocenters. The zero-order valence-electron chi connectivity index (χ0n) is 17.5. The molecule has 2 aromatic carbocycles. The maximum Gasteiger partial charge on any atom is 0.305 e. The van der Waals surface area contributed by atoms with Gasteiger partial charge in [-0.25, -0.2) is 0 Å². The van der Waals surface area contributed by atoms with E-state index in [2.05, 4.69) is 13.8 Å². The van der Waals surface area contributed by atoms with Crippen LogP contribution in [0, 0.1) is 0 Å². The van der Waals surface area contributed by atoms with Crippen molar-refractivity contribution >= 4 is 34.5 Å². The molecule has 1 heterocycles. The van der Waals surface area contributed by atoms with Crippen LogP contribution in [0.25, 0.3) is 28.1 Å². The zero-order chi connectivity index (χ0) is 22.5. The minimum Gasteiger partial charge on any atom is -0.481 e. The van der Waals surface area contributed by atoms with E-state index in [1.807, 2.05) is 54.6 Å². The van der Waals surface area contributed by atoms with Crippen LogP contribution < -0.4 is 0 Å². The fourth-order valence-electron chi connectivity index (χ4n) is 3.63. The van der Waals surface area contributed by atoms with Gasteiger partial charge in [-0.15, -0.1) is 0 Å². The second-order valence-corrected chi connectivity index (χ2v) is 8.31. The number of carboxylic acids is 1. The second-order valence-electron chi connectivity index (χ2n) is 7.88. The Hall–Kier alpha value is -2.73. The summed E-state index contributed by atoms with van der Waals surface area (Å²) in [5.41, 5.74) is 4.61. The van der Waals surface area contributed by atoms with E-state index in [0.717, 1.165) is 33.3 Å². The smallest absolute Gasteiger partial charge is 0.305 e. The number of aromatic nitrogens is 1. The number of nitrogens with zero attached hydrogens (tertiary/aromatic N) is 1. The van der Waals surface area contributed by atoms with E-state index < -0.39 is 24.6 Å². The highest BCUT2D eigenvalue weighted by molar-refractivity contribution is 6.30. The van der Waals surface area contributed by atoms with E-state index in [9.17, 15) is 15.0 Å². The first-order chi connectivity index (χ1) is 14.8. The van der Waals surface area contributed by atoms with Gasteiger partial charge < -0.3 is 15.3 Å². The van der Waals surface area contributed by atoms with Gasteiger partial charge in [0.2, 0.25) is 0 Å². The molecule has 5 nitrogen and oxygen atoms in total. The molecule has 0 aliphatic heterocycles. The number of para-hydroxylation sites is 1. The fraction of sp³-hybridized carbons (Fsp3) is 0.280. The molecule has 2 atom stereocenters. The summed E-state index contributed by atoms with van der Waals surface area (Å²) in [4.78, 5) is 15.6. The number of fused-ring (bicyclic) bond motifs is 1. The second kappa shape index (κ2) is 10.1. The minimum atomic E-state index is -1.12. The monoisotopic (exact) mass is 439 g/mol. The van der Waals surface area contributed by atoms with Gasteiger partial charge in [-0.2, -0.15) is 0 Å². The molecule has 31 heavy (non-hydrogen) atoms. The van der Waals surface area contributed by atoms with Crippen molar-refractivity contribution in [2.24, 2.45) is 0 Å². The molecule has 0 aliphatic carbocycles. The summed E-state index contributed by atoms with van der Waals surface area (Å²) in [7, 11) is 0. The molecule has 0 saturated heterocycles. The van der Waals surface area contributed by atoms with Crippen LogP contribution in [0.5, 0.6) is 0 Å². The molecular formula is C25H26ClNO4. The van der Waals surface area contributed by atoms with Crippen molar-refractivity contribution in [3.05, 3.63) is 70.9 Å². The highest BCUT2D eigenvalue weighted by Gasteiger charge is 2.18. The fourth-order valence-corrected chi connectivity index (χ4v) is 3.76. The number of carbonyl (C=O) groups is 1. The van der Waals surface area contributed by atoms with Crippen molar-refractivity contribution < 1.29 is 20.1 Å². The third-order valence-corrected chi connectivity index (χ3v) is 5.30. The Balaban J connectivity index is 2.12. The Morgan fingerprint density at radius 2 is 1.77 bits per heavy atom. The van der Waals surface area contributed by atoms with Crippen molar-refractivity contribution in [3.8, 4) is 11.1 Å². The van der Waals surface area contributed by atoms with Crippen molar-refractivity contribution in [1.29, 1.82) is 0 Å². The van der Waals surface area contributed by atoms with Crippen LogP contribution in [0.1, 0.15) is 43.9 Å². The first-order valence-electron chi connectivity index (χ1n) is 10.2. The van der Waals surface area contributed by atoms with Gasteiger partial charge >= 0.3 is 5.97 Å². The predicted octanol–water partition coefficient (Wildman–Crippen LogP) is 5.28. The van der Waals surface area contributed by atoms with Crippen LogP contribution in [-0.4, -0.2) is 38.5 Å². The van der Waals surface area contributed by atoms with Gasteiger partial charge in [-0.1, -0.05) is 67.9 Å². The molecule has 0 radical (unpaired) electrons. The number of pyridine rings is 1. The highest BCUT2D eigenvalue weighted by Crippen LogP contribution is 2.37. The van der Waals surface area contributed by atoms with Crippen LogP contribution in [0.15, 0.2) is 54.6 Å². The summed E-state index contributed by atoms with van der Waals surface area (Å²) in [5, 5.41) is 30.6. The lowest BCUT2D eigenvalue weighted by molar-refractivity contribution is -0.139. The van der Waals surface area contributed by atoms with Crippen LogP contribution in [-0.2, 0) is 4.79 Å². The summed E-state index contributed by atoms with van der Waals surface area (Å²) in [6, 6.07) is 15.5. The summed E-state index contributed by atoms with van der Waals surface area (Å²) >= 11 is 6.10. The number of hydrogen-bond donors (Lipinski definition) is 3. The number of hydrogen-bond acceptors (Lipinski definition) is 4. The largest absolute Gasteiger partial charge is 0.481 e. The number of aliphatic hydroxyl groups is 2. The Labute approximate surface area is 186 Å². The molecule has 0 amide bonds. The lowest BCUT2D eigenvalue weighted by Gasteiger charge is -2.18. The SMILES string of the molecule is CC(C)c1nc2ccccc2c(-c2ccc(Cl)cc2)c1C=CC(O)CC(O)CC(=O)O. The van der Waals surface area contributed by atoms with Gasteiger partial charge in [0.05, 0.1) is 29.8 Å². The standard InChI is InChI=1S/C25H26ClNO4/c1-15(2)25-21(12-11-18(28)13-19(29)14-23(30)31)24(16-7-9-17(26)10-8-16)20-5-3-4-6-22(20)27-25/h3-12,15,18-19,28-29H,13-14H2,1-2H3,(H,30,31). The third-order valence-electron chi connectivity index (χ3n) is 5.05. The predicted molar refractivity (Wildman–Crippen MR) is 124 cm³/mol.